The highest BCUT2D eigenvalue weighted by Gasteiger charge is 2.35. The number of hydrogen-bond acceptors (Lipinski definition) is 5. The smallest absolute Gasteiger partial charge is 0.416 e. The number of carboxylic acids is 1. The average Bonchev–Trinajstić information content (AvgIpc) is 2.87. The molecule has 7 nitrogen and oxygen atoms in total. The Morgan fingerprint density at radius 3 is 2.46 bits per heavy atom. The van der Waals surface area contributed by atoms with Gasteiger partial charge in [0.1, 0.15) is 5.00 Å². The van der Waals surface area contributed by atoms with E-state index in [2.05, 4.69) is 4.98 Å². The van der Waals surface area contributed by atoms with Crippen LogP contribution in [-0.2, 0) is 16.5 Å². The lowest BCUT2D eigenvalue weighted by Gasteiger charge is -2.21. The Labute approximate surface area is 141 Å². The number of rotatable bonds is 4. The second-order valence-corrected chi connectivity index (χ2v) is 6.72. The Morgan fingerprint density at radius 1 is 1.33 bits per heavy atom. The maximum absolute atomic E-state index is 12.8. The number of nitrogens with zero attached hydrogens (tertiary/aromatic N) is 2. The van der Waals surface area contributed by atoms with Crippen molar-refractivity contribution in [2.45, 2.75) is 6.18 Å². The molecule has 13 heteroatoms. The van der Waals surface area contributed by atoms with Crippen LogP contribution in [0, 0.1) is 0 Å². The van der Waals surface area contributed by atoms with Gasteiger partial charge in [-0.3, -0.25) is 4.55 Å². The molecular weight excluding hydrogens is 397 g/mol. The SMILES string of the molecule is O=C(O)c1ncsc1N(c1cc(C(F)(F)F)ccc1Cl)S(=O)(=O)O. The summed E-state index contributed by atoms with van der Waals surface area (Å²) in [4.78, 5) is 14.5. The van der Waals surface area contributed by atoms with Crippen LogP contribution in [0.4, 0.5) is 23.9 Å². The molecule has 24 heavy (non-hydrogen) atoms. The fraction of sp³-hybridized carbons (Fsp3) is 0.0909. The average molecular weight is 403 g/mol. The van der Waals surface area contributed by atoms with E-state index in [-0.39, 0.29) is 4.31 Å². The van der Waals surface area contributed by atoms with Crippen molar-refractivity contribution in [3.8, 4) is 0 Å². The number of carbonyl (C=O) groups is 1. The van der Waals surface area contributed by atoms with E-state index in [1.165, 1.54) is 0 Å². The predicted molar refractivity (Wildman–Crippen MR) is 79.2 cm³/mol. The van der Waals surface area contributed by atoms with E-state index in [1.807, 2.05) is 0 Å². The molecular formula is C11H6ClF3N2O5S2. The number of halogens is 4. The van der Waals surface area contributed by atoms with Crippen LogP contribution >= 0.6 is 22.9 Å². The van der Waals surface area contributed by atoms with E-state index < -0.39 is 49.4 Å². The number of aromatic nitrogens is 1. The van der Waals surface area contributed by atoms with Gasteiger partial charge in [0, 0.05) is 0 Å². The van der Waals surface area contributed by atoms with E-state index in [4.69, 9.17) is 16.7 Å². The van der Waals surface area contributed by atoms with Crippen molar-refractivity contribution in [1.29, 1.82) is 0 Å². The molecule has 0 aliphatic heterocycles. The van der Waals surface area contributed by atoms with E-state index in [1.54, 1.807) is 0 Å². The third-order valence-corrected chi connectivity index (χ3v) is 4.74. The lowest BCUT2D eigenvalue weighted by molar-refractivity contribution is -0.137. The predicted octanol–water partition coefficient (Wildman–Crippen LogP) is 3.45. The molecule has 2 N–H and O–H groups in total. The molecule has 0 aliphatic rings. The molecule has 0 unspecified atom stereocenters. The first-order chi connectivity index (χ1) is 10.9. The first kappa shape index (κ1) is 18.4. The third kappa shape index (κ3) is 3.61. The molecule has 0 radical (unpaired) electrons. The van der Waals surface area contributed by atoms with Crippen molar-refractivity contribution in [3.63, 3.8) is 0 Å². The fourth-order valence-electron chi connectivity index (χ4n) is 1.71. The first-order valence-electron chi connectivity index (χ1n) is 5.74. The topological polar surface area (TPSA) is 108 Å². The molecule has 130 valence electrons. The van der Waals surface area contributed by atoms with Crippen LogP contribution < -0.4 is 4.31 Å². The molecule has 0 aliphatic carbocycles. The molecule has 0 spiro atoms. The number of alkyl halides is 3. The minimum Gasteiger partial charge on any atom is -0.476 e. The van der Waals surface area contributed by atoms with Gasteiger partial charge in [-0.15, -0.1) is 11.3 Å². The zero-order valence-corrected chi connectivity index (χ0v) is 13.5. The molecule has 1 aromatic carbocycles. The quantitative estimate of drug-likeness (QED) is 0.758. The number of carboxylic acid groups (broad SMARTS) is 1. The normalized spacial score (nSPS) is 12.2. The van der Waals surface area contributed by atoms with Crippen molar-refractivity contribution in [3.05, 3.63) is 40.0 Å². The van der Waals surface area contributed by atoms with Crippen LogP contribution in [0.15, 0.2) is 23.7 Å². The van der Waals surface area contributed by atoms with Gasteiger partial charge in [-0.1, -0.05) is 11.6 Å². The van der Waals surface area contributed by atoms with Crippen molar-refractivity contribution < 1.29 is 36.0 Å². The summed E-state index contributed by atoms with van der Waals surface area (Å²) in [5, 5.41) is 7.92. The summed E-state index contributed by atoms with van der Waals surface area (Å²) in [7, 11) is -5.19. The summed E-state index contributed by atoms with van der Waals surface area (Å²) in [5.74, 6) is -1.64. The minimum atomic E-state index is -5.19. The summed E-state index contributed by atoms with van der Waals surface area (Å²) in [6, 6.07) is 1.76. The molecule has 2 aromatic rings. The zero-order valence-electron chi connectivity index (χ0n) is 11.2. The fourth-order valence-corrected chi connectivity index (χ4v) is 3.78. The summed E-state index contributed by atoms with van der Waals surface area (Å²) < 4.78 is 71.2. The molecule has 0 amide bonds. The van der Waals surface area contributed by atoms with Crippen molar-refractivity contribution in [2.24, 2.45) is 0 Å². The van der Waals surface area contributed by atoms with Crippen LogP contribution in [0.25, 0.3) is 0 Å². The highest BCUT2D eigenvalue weighted by molar-refractivity contribution is 7.87. The Morgan fingerprint density at radius 2 is 1.96 bits per heavy atom. The van der Waals surface area contributed by atoms with Gasteiger partial charge in [0.15, 0.2) is 5.69 Å². The van der Waals surface area contributed by atoms with E-state index in [9.17, 15) is 30.9 Å². The summed E-state index contributed by atoms with van der Waals surface area (Å²) in [6.45, 7) is 0. The molecule has 0 fully saturated rings. The Kier molecular flexibility index (Phi) is 4.77. The standard InChI is InChI=1S/C11H6ClF3N2O5S2/c12-6-2-1-5(11(13,14)15)3-7(6)17(24(20,21)22)9-8(10(18)19)16-4-23-9/h1-4H,(H,18,19)(H,20,21,22). The maximum Gasteiger partial charge on any atom is 0.416 e. The Bertz CT molecular complexity index is 897. The lowest BCUT2D eigenvalue weighted by Crippen LogP contribution is -2.26. The highest BCUT2D eigenvalue weighted by Crippen LogP contribution is 2.41. The summed E-state index contributed by atoms with van der Waals surface area (Å²) in [5.41, 5.74) is -1.82. The van der Waals surface area contributed by atoms with Crippen LogP contribution in [0.3, 0.4) is 0 Å². The second kappa shape index (κ2) is 6.20. The van der Waals surface area contributed by atoms with Gasteiger partial charge in [-0.05, 0) is 18.2 Å². The number of aromatic carboxylic acids is 1. The van der Waals surface area contributed by atoms with Gasteiger partial charge < -0.3 is 5.11 Å². The summed E-state index contributed by atoms with van der Waals surface area (Å²) >= 11 is 6.23. The molecule has 1 aromatic heterocycles. The number of anilines is 2. The van der Waals surface area contributed by atoms with Crippen molar-refractivity contribution in [1.82, 2.24) is 4.98 Å². The van der Waals surface area contributed by atoms with Gasteiger partial charge in [0.25, 0.3) is 0 Å². The maximum atomic E-state index is 12.8. The number of benzene rings is 1. The van der Waals surface area contributed by atoms with Crippen LogP contribution in [0.5, 0.6) is 0 Å². The molecule has 0 atom stereocenters. The molecule has 2 rings (SSSR count). The van der Waals surface area contributed by atoms with E-state index in [0.717, 1.165) is 11.6 Å². The number of hydrogen-bond donors (Lipinski definition) is 2. The van der Waals surface area contributed by atoms with Gasteiger partial charge in [-0.2, -0.15) is 21.6 Å². The van der Waals surface area contributed by atoms with E-state index in [0.29, 0.717) is 23.5 Å². The monoisotopic (exact) mass is 402 g/mol. The van der Waals surface area contributed by atoms with Crippen molar-refractivity contribution in [2.75, 3.05) is 4.31 Å². The third-order valence-electron chi connectivity index (χ3n) is 2.66. The molecule has 0 bridgehead atoms. The van der Waals surface area contributed by atoms with Gasteiger partial charge in [-0.25, -0.2) is 14.1 Å². The van der Waals surface area contributed by atoms with E-state index >= 15 is 0 Å². The molecule has 0 saturated carbocycles. The second-order valence-electron chi connectivity index (χ2n) is 4.22. The van der Waals surface area contributed by atoms with Gasteiger partial charge in [0.2, 0.25) is 0 Å². The van der Waals surface area contributed by atoms with Crippen LogP contribution in [0.1, 0.15) is 16.1 Å². The number of thiazole rings is 1. The molecule has 1 heterocycles. The zero-order chi connectivity index (χ0) is 18.3. The largest absolute Gasteiger partial charge is 0.476 e. The Hall–Kier alpha value is -1.89. The highest BCUT2D eigenvalue weighted by atomic mass is 35.5. The first-order valence-corrected chi connectivity index (χ1v) is 8.39. The molecule has 0 saturated heterocycles. The van der Waals surface area contributed by atoms with Crippen molar-refractivity contribution >= 4 is 49.9 Å². The lowest BCUT2D eigenvalue weighted by atomic mass is 10.2. The van der Waals surface area contributed by atoms with Crippen LogP contribution in [0.2, 0.25) is 5.02 Å². The van der Waals surface area contributed by atoms with Crippen LogP contribution in [-0.4, -0.2) is 29.0 Å². The Balaban J connectivity index is 2.76. The minimum absolute atomic E-state index is 0.00824. The van der Waals surface area contributed by atoms with Gasteiger partial charge >= 0.3 is 22.4 Å². The summed E-state index contributed by atoms with van der Waals surface area (Å²) in [6.07, 6.45) is -4.81. The van der Waals surface area contributed by atoms with Gasteiger partial charge in [0.05, 0.1) is 21.8 Å².